The summed E-state index contributed by atoms with van der Waals surface area (Å²) in [6, 6.07) is 0. The molecule has 0 aliphatic heterocycles. The fourth-order valence-corrected chi connectivity index (χ4v) is 0.150. The van der Waals surface area contributed by atoms with Crippen molar-refractivity contribution in [2.75, 3.05) is 0 Å². The number of rotatable bonds is 2. The molecule has 4 heteroatoms. The summed E-state index contributed by atoms with van der Waals surface area (Å²) >= 11 is 0. The second kappa shape index (κ2) is 10.3. The predicted molar refractivity (Wildman–Crippen MR) is 32.0 cm³/mol. The number of allylic oxidation sites excluding steroid dienone is 2. The molecular formula is C6H6O4. The Morgan fingerprint density at radius 1 is 1.50 bits per heavy atom. The second-order valence-corrected chi connectivity index (χ2v) is 1.02. The summed E-state index contributed by atoms with van der Waals surface area (Å²) in [5, 5.41) is 7.91. The predicted octanol–water partition coefficient (Wildman–Crippen LogP) is 0.230. The summed E-state index contributed by atoms with van der Waals surface area (Å²) in [5.41, 5.74) is 0. The molecule has 0 atom stereocenters. The zero-order valence-electron chi connectivity index (χ0n) is 5.11. The molecular weight excluding hydrogens is 136 g/mol. The quantitative estimate of drug-likeness (QED) is 0.442. The lowest BCUT2D eigenvalue weighted by atomic mass is 10.5. The monoisotopic (exact) mass is 142 g/mol. The summed E-state index contributed by atoms with van der Waals surface area (Å²) in [4.78, 5) is 25.9. The Morgan fingerprint density at radius 3 is 2.00 bits per heavy atom. The maximum Gasteiger partial charge on any atom is 0.373 e. The Balaban J connectivity index is 0. The highest BCUT2D eigenvalue weighted by Crippen LogP contribution is 1.70. The van der Waals surface area contributed by atoms with Gasteiger partial charge >= 0.3 is 12.1 Å². The number of carbonyl (C=O) groups excluding carboxylic acids is 2. The molecule has 0 saturated carbocycles. The first-order chi connectivity index (χ1) is 4.68. The minimum atomic E-state index is -0.945. The number of carboxylic acid groups (broad SMARTS) is 1. The highest BCUT2D eigenvalue weighted by Gasteiger charge is 1.77. The Morgan fingerprint density at radius 2 is 1.90 bits per heavy atom. The highest BCUT2D eigenvalue weighted by molar-refractivity contribution is 5.79. The lowest BCUT2D eigenvalue weighted by Gasteiger charge is -1.70. The van der Waals surface area contributed by atoms with Crippen LogP contribution in [0.4, 0.5) is 0 Å². The van der Waals surface area contributed by atoms with Gasteiger partial charge in [0.2, 0.25) is 0 Å². The third-order valence-electron chi connectivity index (χ3n) is 0.375. The van der Waals surface area contributed by atoms with Gasteiger partial charge in [-0.2, -0.15) is 9.59 Å². The van der Waals surface area contributed by atoms with Crippen molar-refractivity contribution in [2.45, 2.75) is 0 Å². The molecule has 0 rings (SSSR count). The van der Waals surface area contributed by atoms with Gasteiger partial charge in [0.05, 0.1) is 0 Å². The normalized spacial score (nSPS) is 7.20. The van der Waals surface area contributed by atoms with Crippen LogP contribution in [0.25, 0.3) is 0 Å². The van der Waals surface area contributed by atoms with E-state index < -0.39 is 5.97 Å². The molecule has 54 valence electrons. The molecule has 0 aromatic heterocycles. The van der Waals surface area contributed by atoms with Gasteiger partial charge < -0.3 is 5.11 Å². The third kappa shape index (κ3) is 33.1. The van der Waals surface area contributed by atoms with Crippen LogP contribution in [0.1, 0.15) is 0 Å². The van der Waals surface area contributed by atoms with Crippen molar-refractivity contribution in [3.63, 3.8) is 0 Å². The first-order valence-electron chi connectivity index (χ1n) is 2.20. The van der Waals surface area contributed by atoms with Gasteiger partial charge in [0.1, 0.15) is 0 Å². The Kier molecular flexibility index (Phi) is 11.5. The lowest BCUT2D eigenvalue weighted by Crippen LogP contribution is -1.83. The molecule has 0 saturated heterocycles. The van der Waals surface area contributed by atoms with Gasteiger partial charge in [-0.3, -0.25) is 0 Å². The second-order valence-electron chi connectivity index (χ2n) is 1.02. The van der Waals surface area contributed by atoms with Crippen LogP contribution >= 0.6 is 0 Å². The molecule has 0 radical (unpaired) electrons. The summed E-state index contributed by atoms with van der Waals surface area (Å²) in [6.07, 6.45) is 4.05. The molecule has 0 spiro atoms. The number of aliphatic carboxylic acids is 1. The van der Waals surface area contributed by atoms with Crippen LogP contribution in [0.15, 0.2) is 24.8 Å². The van der Waals surface area contributed by atoms with Gasteiger partial charge in [0.15, 0.2) is 0 Å². The maximum atomic E-state index is 9.62. The van der Waals surface area contributed by atoms with Gasteiger partial charge in [-0.15, -0.1) is 0 Å². The zero-order chi connectivity index (χ0) is 8.41. The fourth-order valence-electron chi connectivity index (χ4n) is 0.150. The molecule has 0 bridgehead atoms. The first-order valence-corrected chi connectivity index (χ1v) is 2.20. The number of hydrogen-bond acceptors (Lipinski definition) is 3. The average molecular weight is 142 g/mol. The molecule has 0 aliphatic carbocycles. The summed E-state index contributed by atoms with van der Waals surface area (Å²) in [7, 11) is 0. The van der Waals surface area contributed by atoms with E-state index in [1.54, 1.807) is 0 Å². The van der Waals surface area contributed by atoms with Crippen LogP contribution in [-0.4, -0.2) is 17.2 Å². The summed E-state index contributed by atoms with van der Waals surface area (Å²) in [5.74, 6) is -0.945. The van der Waals surface area contributed by atoms with Gasteiger partial charge in [-0.25, -0.2) is 4.79 Å². The number of carboxylic acids is 1. The first kappa shape index (κ1) is 11.2. The van der Waals surface area contributed by atoms with Crippen molar-refractivity contribution in [1.82, 2.24) is 0 Å². The summed E-state index contributed by atoms with van der Waals surface area (Å²) < 4.78 is 0. The topological polar surface area (TPSA) is 71.4 Å². The van der Waals surface area contributed by atoms with Crippen LogP contribution in [0.2, 0.25) is 0 Å². The van der Waals surface area contributed by atoms with E-state index in [1.807, 2.05) is 0 Å². The van der Waals surface area contributed by atoms with Gasteiger partial charge in [-0.05, 0) is 0 Å². The fraction of sp³-hybridized carbons (Fsp3) is 0. The van der Waals surface area contributed by atoms with E-state index >= 15 is 0 Å². The molecule has 0 heterocycles. The Bertz CT molecular complexity index is 163. The molecule has 4 nitrogen and oxygen atoms in total. The Hall–Kier alpha value is -1.67. The molecule has 0 aliphatic rings. The largest absolute Gasteiger partial charge is 0.478 e. The molecule has 0 amide bonds. The van der Waals surface area contributed by atoms with Crippen molar-refractivity contribution < 1.29 is 19.5 Å². The van der Waals surface area contributed by atoms with E-state index in [4.69, 9.17) is 14.7 Å². The minimum Gasteiger partial charge on any atom is -0.478 e. The molecule has 10 heavy (non-hydrogen) atoms. The third-order valence-corrected chi connectivity index (χ3v) is 0.375. The van der Waals surface area contributed by atoms with Crippen LogP contribution in [-0.2, 0) is 14.4 Å². The van der Waals surface area contributed by atoms with Crippen molar-refractivity contribution in [3.05, 3.63) is 24.8 Å². The lowest BCUT2D eigenvalue weighted by molar-refractivity contribution is -0.191. The average Bonchev–Trinajstić information content (AvgIpc) is 1.85. The van der Waals surface area contributed by atoms with Crippen LogP contribution in [0.3, 0.4) is 0 Å². The van der Waals surface area contributed by atoms with E-state index in [9.17, 15) is 4.79 Å². The SMILES string of the molecule is C=C/C=C\C(=O)O.O=C=O. The smallest absolute Gasteiger partial charge is 0.373 e. The molecule has 0 aromatic rings. The zero-order valence-corrected chi connectivity index (χ0v) is 5.11. The van der Waals surface area contributed by atoms with Crippen molar-refractivity contribution >= 4 is 12.1 Å². The highest BCUT2D eigenvalue weighted by atomic mass is 16.4. The minimum absolute atomic E-state index is 0.250. The molecule has 0 aromatic carbocycles. The van der Waals surface area contributed by atoms with E-state index in [-0.39, 0.29) is 6.15 Å². The Labute approximate surface area is 57.5 Å². The van der Waals surface area contributed by atoms with Crippen LogP contribution < -0.4 is 0 Å². The van der Waals surface area contributed by atoms with Gasteiger partial charge in [-0.1, -0.05) is 18.7 Å². The number of hydrogen-bond donors (Lipinski definition) is 1. The number of carbonyl (C=O) groups is 1. The molecule has 0 fully saturated rings. The van der Waals surface area contributed by atoms with E-state index in [2.05, 4.69) is 6.58 Å². The molecule has 0 unspecified atom stereocenters. The van der Waals surface area contributed by atoms with Crippen LogP contribution in [0, 0.1) is 0 Å². The van der Waals surface area contributed by atoms with Crippen molar-refractivity contribution in [1.29, 1.82) is 0 Å². The van der Waals surface area contributed by atoms with E-state index in [0.29, 0.717) is 0 Å². The van der Waals surface area contributed by atoms with E-state index in [1.165, 1.54) is 12.2 Å². The van der Waals surface area contributed by atoms with Crippen molar-refractivity contribution in [3.8, 4) is 0 Å². The van der Waals surface area contributed by atoms with E-state index in [0.717, 1.165) is 6.08 Å². The van der Waals surface area contributed by atoms with Crippen LogP contribution in [0.5, 0.6) is 0 Å². The van der Waals surface area contributed by atoms with Crippen molar-refractivity contribution in [2.24, 2.45) is 0 Å². The summed E-state index contributed by atoms with van der Waals surface area (Å²) in [6.45, 7) is 3.28. The van der Waals surface area contributed by atoms with Gasteiger partial charge in [0.25, 0.3) is 0 Å². The standard InChI is InChI=1S/C5H6O2.CO2/c1-2-3-4-5(6)7;2-1-3/h2-4H,1H2,(H,6,7);/b4-3-;. The molecule has 1 N–H and O–H groups in total. The van der Waals surface area contributed by atoms with Gasteiger partial charge in [0, 0.05) is 6.08 Å². The maximum absolute atomic E-state index is 9.62.